The standard InChI is InChI=1S/C24H18BrFN2O4/c1-2-31-23-12-17(11-18(14-27)20-8-3-4-9-22(20)26)21(25)13-24(23)32-15-16-6-5-7-19(10-16)28(29)30/h3-13H,2,15H2,1H3/b18-11-. The number of allylic oxidation sites excluding steroid dienone is 1. The van der Waals surface area contributed by atoms with Crippen LogP contribution in [0.4, 0.5) is 10.1 Å². The lowest BCUT2D eigenvalue weighted by atomic mass is 10.0. The Morgan fingerprint density at radius 3 is 2.59 bits per heavy atom. The largest absolute Gasteiger partial charge is 0.490 e. The Balaban J connectivity index is 1.92. The Morgan fingerprint density at radius 1 is 1.16 bits per heavy atom. The molecule has 0 fully saturated rings. The minimum Gasteiger partial charge on any atom is -0.490 e. The predicted molar refractivity (Wildman–Crippen MR) is 123 cm³/mol. The number of ether oxygens (including phenoxy) is 2. The molecular weight excluding hydrogens is 479 g/mol. The summed E-state index contributed by atoms with van der Waals surface area (Å²) in [6.45, 7) is 2.29. The smallest absolute Gasteiger partial charge is 0.269 e. The summed E-state index contributed by atoms with van der Waals surface area (Å²) in [6, 6.07) is 17.6. The van der Waals surface area contributed by atoms with Gasteiger partial charge < -0.3 is 9.47 Å². The van der Waals surface area contributed by atoms with Gasteiger partial charge in [0.2, 0.25) is 0 Å². The van der Waals surface area contributed by atoms with Gasteiger partial charge in [0.25, 0.3) is 5.69 Å². The number of nitrogens with zero attached hydrogens (tertiary/aromatic N) is 2. The van der Waals surface area contributed by atoms with Crippen molar-refractivity contribution in [1.29, 1.82) is 5.26 Å². The molecule has 0 unspecified atom stereocenters. The molecule has 0 saturated heterocycles. The molecule has 32 heavy (non-hydrogen) atoms. The van der Waals surface area contributed by atoms with Gasteiger partial charge in [-0.15, -0.1) is 0 Å². The average Bonchev–Trinajstić information content (AvgIpc) is 2.79. The number of halogens is 2. The van der Waals surface area contributed by atoms with Gasteiger partial charge >= 0.3 is 0 Å². The monoisotopic (exact) mass is 496 g/mol. The van der Waals surface area contributed by atoms with E-state index in [-0.39, 0.29) is 23.4 Å². The maximum Gasteiger partial charge on any atom is 0.269 e. The van der Waals surface area contributed by atoms with Crippen LogP contribution in [0.5, 0.6) is 11.5 Å². The maximum atomic E-state index is 14.1. The van der Waals surface area contributed by atoms with Crippen molar-refractivity contribution in [3.05, 3.63) is 97.8 Å². The van der Waals surface area contributed by atoms with Crippen LogP contribution in [0.1, 0.15) is 23.6 Å². The molecule has 3 rings (SSSR count). The third-order valence-electron chi connectivity index (χ3n) is 4.46. The number of non-ortho nitro benzene ring substituents is 1. The lowest BCUT2D eigenvalue weighted by Crippen LogP contribution is -2.01. The van der Waals surface area contributed by atoms with Crippen LogP contribution in [-0.2, 0) is 6.61 Å². The van der Waals surface area contributed by atoms with Crippen LogP contribution in [0.15, 0.2) is 65.1 Å². The summed E-state index contributed by atoms with van der Waals surface area (Å²) in [4.78, 5) is 10.5. The lowest BCUT2D eigenvalue weighted by molar-refractivity contribution is -0.384. The maximum absolute atomic E-state index is 14.1. The third-order valence-corrected chi connectivity index (χ3v) is 5.15. The van der Waals surface area contributed by atoms with E-state index >= 15 is 0 Å². The van der Waals surface area contributed by atoms with Crippen molar-refractivity contribution in [3.63, 3.8) is 0 Å². The first-order valence-corrected chi connectivity index (χ1v) is 10.4. The van der Waals surface area contributed by atoms with Crippen molar-refractivity contribution in [2.45, 2.75) is 13.5 Å². The first kappa shape index (κ1) is 23.0. The second kappa shape index (κ2) is 10.6. The summed E-state index contributed by atoms with van der Waals surface area (Å²) < 4.78 is 26.3. The van der Waals surface area contributed by atoms with E-state index in [4.69, 9.17) is 9.47 Å². The molecule has 6 nitrogen and oxygen atoms in total. The zero-order chi connectivity index (χ0) is 23.1. The number of nitriles is 1. The molecule has 0 saturated carbocycles. The van der Waals surface area contributed by atoms with Crippen LogP contribution < -0.4 is 9.47 Å². The van der Waals surface area contributed by atoms with Crippen molar-refractivity contribution < 1.29 is 18.8 Å². The van der Waals surface area contributed by atoms with E-state index in [0.29, 0.717) is 33.7 Å². The van der Waals surface area contributed by atoms with Gasteiger partial charge in [0.1, 0.15) is 12.4 Å². The van der Waals surface area contributed by atoms with Crippen molar-refractivity contribution >= 4 is 33.3 Å². The van der Waals surface area contributed by atoms with Gasteiger partial charge in [-0.3, -0.25) is 10.1 Å². The van der Waals surface area contributed by atoms with Gasteiger partial charge in [0.05, 0.1) is 23.2 Å². The van der Waals surface area contributed by atoms with Crippen LogP contribution in [0, 0.1) is 27.3 Å². The molecule has 3 aromatic carbocycles. The minimum absolute atomic E-state index is 0.0185. The zero-order valence-electron chi connectivity index (χ0n) is 17.0. The molecule has 0 N–H and O–H groups in total. The molecule has 0 spiro atoms. The molecule has 0 heterocycles. The molecule has 0 bridgehead atoms. The van der Waals surface area contributed by atoms with Crippen LogP contribution in [-0.4, -0.2) is 11.5 Å². The van der Waals surface area contributed by atoms with E-state index in [0.717, 1.165) is 0 Å². The van der Waals surface area contributed by atoms with E-state index < -0.39 is 10.7 Å². The normalized spacial score (nSPS) is 11.0. The van der Waals surface area contributed by atoms with Gasteiger partial charge in [-0.05, 0) is 42.3 Å². The zero-order valence-corrected chi connectivity index (χ0v) is 18.6. The SMILES string of the molecule is CCOc1cc(/C=C(/C#N)c2ccccc2F)c(Br)cc1OCc1cccc([N+](=O)[O-])c1. The molecule has 162 valence electrons. The van der Waals surface area contributed by atoms with Crippen molar-refractivity contribution in [2.24, 2.45) is 0 Å². The highest BCUT2D eigenvalue weighted by Gasteiger charge is 2.14. The lowest BCUT2D eigenvalue weighted by Gasteiger charge is -2.14. The number of rotatable bonds is 8. The number of benzene rings is 3. The Morgan fingerprint density at radius 2 is 1.91 bits per heavy atom. The molecule has 0 amide bonds. The molecular formula is C24H18BrFN2O4. The van der Waals surface area contributed by atoms with Crippen molar-refractivity contribution in [2.75, 3.05) is 6.61 Å². The van der Waals surface area contributed by atoms with Gasteiger partial charge in [-0.2, -0.15) is 5.26 Å². The minimum atomic E-state index is -0.488. The first-order chi connectivity index (χ1) is 15.4. The second-order valence-corrected chi connectivity index (χ2v) is 7.47. The Hall–Kier alpha value is -3.70. The van der Waals surface area contributed by atoms with E-state index in [1.165, 1.54) is 24.3 Å². The first-order valence-electron chi connectivity index (χ1n) is 9.62. The summed E-state index contributed by atoms with van der Waals surface area (Å²) in [7, 11) is 0. The molecule has 0 aromatic heterocycles. The highest BCUT2D eigenvalue weighted by molar-refractivity contribution is 9.10. The van der Waals surface area contributed by atoms with Crippen molar-refractivity contribution in [3.8, 4) is 17.6 Å². The fraction of sp³-hybridized carbons (Fsp3) is 0.125. The molecule has 8 heteroatoms. The van der Waals surface area contributed by atoms with Gasteiger partial charge in [-0.25, -0.2) is 4.39 Å². The van der Waals surface area contributed by atoms with E-state index in [1.54, 1.807) is 42.5 Å². The van der Waals surface area contributed by atoms with Gasteiger partial charge in [0.15, 0.2) is 11.5 Å². The molecule has 0 aliphatic heterocycles. The second-order valence-electron chi connectivity index (χ2n) is 6.62. The average molecular weight is 497 g/mol. The summed E-state index contributed by atoms with van der Waals surface area (Å²) in [6.07, 6.45) is 1.56. The molecule has 0 aliphatic rings. The third kappa shape index (κ3) is 5.50. The Bertz CT molecular complexity index is 1220. The topological polar surface area (TPSA) is 85.4 Å². The summed E-state index contributed by atoms with van der Waals surface area (Å²) in [5.74, 6) is 0.364. The fourth-order valence-corrected chi connectivity index (χ4v) is 3.41. The van der Waals surface area contributed by atoms with Crippen LogP contribution in [0.3, 0.4) is 0 Å². The highest BCUT2D eigenvalue weighted by atomic mass is 79.9. The Labute approximate surface area is 192 Å². The Kier molecular flexibility index (Phi) is 7.58. The fourth-order valence-electron chi connectivity index (χ4n) is 2.97. The number of nitro groups is 1. The summed E-state index contributed by atoms with van der Waals surface area (Å²) >= 11 is 3.47. The van der Waals surface area contributed by atoms with E-state index in [1.807, 2.05) is 13.0 Å². The van der Waals surface area contributed by atoms with Crippen LogP contribution in [0.25, 0.3) is 11.6 Å². The number of hydrogen-bond donors (Lipinski definition) is 0. The quantitative estimate of drug-likeness (QED) is 0.153. The predicted octanol–water partition coefficient (Wildman–Crippen LogP) is 6.54. The summed E-state index contributed by atoms with van der Waals surface area (Å²) in [5, 5.41) is 20.5. The highest BCUT2D eigenvalue weighted by Crippen LogP contribution is 2.36. The number of hydrogen-bond acceptors (Lipinski definition) is 5. The van der Waals surface area contributed by atoms with Gasteiger partial charge in [0, 0.05) is 22.2 Å². The van der Waals surface area contributed by atoms with E-state index in [2.05, 4.69) is 15.9 Å². The van der Waals surface area contributed by atoms with Gasteiger partial charge in [-0.1, -0.05) is 46.3 Å². The van der Waals surface area contributed by atoms with Crippen molar-refractivity contribution in [1.82, 2.24) is 0 Å². The molecule has 0 aliphatic carbocycles. The number of nitro benzene ring substituents is 1. The van der Waals surface area contributed by atoms with Crippen LogP contribution in [0.2, 0.25) is 0 Å². The summed E-state index contributed by atoms with van der Waals surface area (Å²) in [5.41, 5.74) is 1.58. The molecule has 0 atom stereocenters. The van der Waals surface area contributed by atoms with Crippen LogP contribution >= 0.6 is 15.9 Å². The molecule has 0 radical (unpaired) electrons. The molecule has 3 aromatic rings. The van der Waals surface area contributed by atoms with E-state index in [9.17, 15) is 19.8 Å².